The topological polar surface area (TPSA) is 128 Å². The third kappa shape index (κ3) is 5.04. The molecule has 1 saturated heterocycles. The predicted molar refractivity (Wildman–Crippen MR) is 142 cm³/mol. The number of nitrogens with two attached hydrogens (primary N) is 1. The summed E-state index contributed by atoms with van der Waals surface area (Å²) < 4.78 is 57.4. The van der Waals surface area contributed by atoms with Crippen molar-refractivity contribution in [1.29, 1.82) is 5.41 Å². The van der Waals surface area contributed by atoms with Crippen molar-refractivity contribution in [1.82, 2.24) is 29.6 Å². The SMILES string of the molecule is Cn1cc(-c2c[nH]c(C(=NC=N)N3CCN(c4ncc([C@@](N)(c5ccc(F)cc5)C(F)(F)F)cn4)CC3)c2)cn1. The number of nitrogens with zero attached hydrogens (tertiary/aromatic N) is 7. The number of aromatic amines is 1. The maximum atomic E-state index is 14.1. The van der Waals surface area contributed by atoms with Crippen molar-refractivity contribution in [3.05, 3.63) is 84.0 Å². The minimum absolute atomic E-state index is 0.260. The molecule has 0 radical (unpaired) electrons. The van der Waals surface area contributed by atoms with Crippen molar-refractivity contribution >= 4 is 18.1 Å². The number of rotatable bonds is 6. The zero-order chi connectivity index (χ0) is 28.5. The van der Waals surface area contributed by atoms with E-state index in [9.17, 15) is 17.6 Å². The number of nitrogens with one attached hydrogen (secondary N) is 2. The molecule has 208 valence electrons. The van der Waals surface area contributed by atoms with Crippen LogP contribution in [0, 0.1) is 11.2 Å². The molecule has 0 amide bonds. The molecule has 0 aliphatic carbocycles. The highest BCUT2D eigenvalue weighted by Crippen LogP contribution is 2.41. The third-order valence-electron chi connectivity index (χ3n) is 6.85. The molecule has 1 fully saturated rings. The Labute approximate surface area is 226 Å². The van der Waals surface area contributed by atoms with E-state index in [1.54, 1.807) is 10.9 Å². The number of H-pyrrole nitrogens is 1. The Morgan fingerprint density at radius 2 is 1.70 bits per heavy atom. The van der Waals surface area contributed by atoms with Crippen LogP contribution < -0.4 is 10.6 Å². The molecule has 14 heteroatoms. The first-order valence-electron chi connectivity index (χ1n) is 12.3. The van der Waals surface area contributed by atoms with E-state index in [-0.39, 0.29) is 17.1 Å². The molecular weight excluding hydrogens is 528 g/mol. The molecule has 0 spiro atoms. The lowest BCUT2D eigenvalue weighted by atomic mass is 9.84. The highest BCUT2D eigenvalue weighted by Gasteiger charge is 2.55. The van der Waals surface area contributed by atoms with E-state index in [2.05, 4.69) is 25.0 Å². The van der Waals surface area contributed by atoms with Crippen LogP contribution in [0.2, 0.25) is 0 Å². The van der Waals surface area contributed by atoms with E-state index in [0.717, 1.165) is 59.8 Å². The number of halogens is 4. The Kier molecular flexibility index (Phi) is 7.10. The van der Waals surface area contributed by atoms with Crippen LogP contribution in [0.1, 0.15) is 16.8 Å². The van der Waals surface area contributed by atoms with Crippen LogP contribution in [0.4, 0.5) is 23.5 Å². The summed E-state index contributed by atoms with van der Waals surface area (Å²) in [6.07, 6.45) is 3.73. The number of alkyl halides is 3. The summed E-state index contributed by atoms with van der Waals surface area (Å²) in [5, 5.41) is 11.7. The van der Waals surface area contributed by atoms with Gasteiger partial charge in [0.15, 0.2) is 11.4 Å². The smallest absolute Gasteiger partial charge is 0.358 e. The van der Waals surface area contributed by atoms with Crippen LogP contribution in [0.15, 0.2) is 66.3 Å². The van der Waals surface area contributed by atoms with Crippen LogP contribution in [-0.4, -0.2) is 74.2 Å². The lowest BCUT2D eigenvalue weighted by molar-refractivity contribution is -0.177. The molecule has 40 heavy (non-hydrogen) atoms. The number of amidine groups is 1. The minimum atomic E-state index is -4.87. The number of benzene rings is 1. The molecule has 4 heterocycles. The number of aromatic nitrogens is 5. The number of piperazine rings is 1. The summed E-state index contributed by atoms with van der Waals surface area (Å²) >= 11 is 0. The van der Waals surface area contributed by atoms with Gasteiger partial charge in [0, 0.05) is 74.7 Å². The van der Waals surface area contributed by atoms with E-state index < -0.39 is 17.5 Å². The fourth-order valence-electron chi connectivity index (χ4n) is 4.66. The monoisotopic (exact) mass is 554 g/mol. The second-order valence-electron chi connectivity index (χ2n) is 9.35. The molecule has 0 saturated carbocycles. The van der Waals surface area contributed by atoms with Crippen molar-refractivity contribution in [2.75, 3.05) is 31.1 Å². The maximum Gasteiger partial charge on any atom is 0.414 e. The van der Waals surface area contributed by atoms with Gasteiger partial charge in [0.05, 0.1) is 11.9 Å². The average Bonchev–Trinajstić information content (AvgIpc) is 3.61. The summed E-state index contributed by atoms with van der Waals surface area (Å²) in [5.41, 5.74) is 4.92. The maximum absolute atomic E-state index is 14.1. The summed E-state index contributed by atoms with van der Waals surface area (Å²) in [5.74, 6) is 0.188. The molecule has 1 atom stereocenters. The number of aliphatic imine (C=N–C) groups is 1. The van der Waals surface area contributed by atoms with Gasteiger partial charge in [0.25, 0.3) is 0 Å². The molecule has 3 aromatic heterocycles. The van der Waals surface area contributed by atoms with Gasteiger partial charge >= 0.3 is 6.18 Å². The van der Waals surface area contributed by atoms with Crippen LogP contribution in [0.5, 0.6) is 0 Å². The summed E-state index contributed by atoms with van der Waals surface area (Å²) in [6.45, 7) is 1.96. The van der Waals surface area contributed by atoms with Gasteiger partial charge in [-0.3, -0.25) is 10.1 Å². The van der Waals surface area contributed by atoms with Gasteiger partial charge in [-0.2, -0.15) is 18.3 Å². The second-order valence-corrected chi connectivity index (χ2v) is 9.35. The van der Waals surface area contributed by atoms with Gasteiger partial charge in [-0.05, 0) is 23.8 Å². The number of hydrogen-bond acceptors (Lipinski definition) is 6. The Balaban J connectivity index is 1.30. The minimum Gasteiger partial charge on any atom is -0.358 e. The van der Waals surface area contributed by atoms with Gasteiger partial charge in [-0.15, -0.1) is 0 Å². The predicted octanol–water partition coefficient (Wildman–Crippen LogP) is 3.28. The molecule has 4 aromatic rings. The lowest BCUT2D eigenvalue weighted by Crippen LogP contribution is -2.52. The third-order valence-corrected chi connectivity index (χ3v) is 6.85. The largest absolute Gasteiger partial charge is 0.414 e. The summed E-state index contributed by atoms with van der Waals surface area (Å²) in [4.78, 5) is 19.7. The van der Waals surface area contributed by atoms with Crippen LogP contribution in [0.25, 0.3) is 11.1 Å². The standard InChI is InChI=1S/C26H26F4N10/c1-38-15-18(12-37-38)17-10-22(33-11-17)23(36-16-31)39-6-8-40(9-7-39)24-34-13-20(14-35-24)25(32,26(28,29)30)19-2-4-21(27)5-3-19/h2-5,10-16,31,33H,6-9,32H2,1H3/t25-/m0/s1. The van der Waals surface area contributed by atoms with E-state index in [4.69, 9.17) is 11.1 Å². The Bertz CT molecular complexity index is 1500. The summed E-state index contributed by atoms with van der Waals surface area (Å²) in [7, 11) is 1.84. The molecule has 1 aliphatic heterocycles. The number of aryl methyl sites for hydroxylation is 1. The van der Waals surface area contributed by atoms with Gasteiger partial charge in [-0.25, -0.2) is 19.4 Å². The molecule has 5 rings (SSSR count). The van der Waals surface area contributed by atoms with Crippen LogP contribution in [-0.2, 0) is 12.6 Å². The zero-order valence-corrected chi connectivity index (χ0v) is 21.4. The molecule has 0 unspecified atom stereocenters. The van der Waals surface area contributed by atoms with Crippen molar-refractivity contribution in [2.24, 2.45) is 17.8 Å². The summed E-state index contributed by atoms with van der Waals surface area (Å²) in [6, 6.07) is 5.82. The van der Waals surface area contributed by atoms with Crippen LogP contribution >= 0.6 is 0 Å². The average molecular weight is 555 g/mol. The van der Waals surface area contributed by atoms with Gasteiger partial charge in [0.2, 0.25) is 5.95 Å². The van der Waals surface area contributed by atoms with Crippen molar-refractivity contribution in [3.63, 3.8) is 0 Å². The van der Waals surface area contributed by atoms with Crippen molar-refractivity contribution in [2.45, 2.75) is 11.7 Å². The van der Waals surface area contributed by atoms with Gasteiger partial charge in [-0.1, -0.05) is 12.1 Å². The second kappa shape index (κ2) is 10.5. The first kappa shape index (κ1) is 27.0. The fourth-order valence-corrected chi connectivity index (χ4v) is 4.66. The first-order valence-corrected chi connectivity index (χ1v) is 12.3. The number of hydrogen-bond donors (Lipinski definition) is 3. The fraction of sp³-hybridized carbons (Fsp3) is 0.269. The van der Waals surface area contributed by atoms with Gasteiger partial charge in [0.1, 0.15) is 12.2 Å². The molecule has 10 nitrogen and oxygen atoms in total. The molecule has 1 aliphatic rings. The lowest BCUT2D eigenvalue weighted by Gasteiger charge is -2.36. The molecular formula is C26H26F4N10. The highest BCUT2D eigenvalue weighted by molar-refractivity contribution is 6.01. The van der Waals surface area contributed by atoms with Crippen molar-refractivity contribution in [3.8, 4) is 11.1 Å². The van der Waals surface area contributed by atoms with E-state index >= 15 is 0 Å². The quantitative estimate of drug-likeness (QED) is 0.191. The van der Waals surface area contributed by atoms with Gasteiger partial charge < -0.3 is 20.5 Å². The zero-order valence-electron chi connectivity index (χ0n) is 21.4. The Morgan fingerprint density at radius 1 is 1.02 bits per heavy atom. The van der Waals surface area contributed by atoms with Crippen LogP contribution in [0.3, 0.4) is 0 Å². The number of anilines is 1. The highest BCUT2D eigenvalue weighted by atomic mass is 19.4. The van der Waals surface area contributed by atoms with Crippen molar-refractivity contribution < 1.29 is 17.6 Å². The Hall–Kier alpha value is -4.59. The molecule has 4 N–H and O–H groups in total. The van der Waals surface area contributed by atoms with E-state index in [0.29, 0.717) is 32.0 Å². The Morgan fingerprint density at radius 3 is 2.27 bits per heavy atom. The molecule has 0 bridgehead atoms. The normalized spacial score (nSPS) is 16.2. The van der Waals surface area contributed by atoms with E-state index in [1.807, 2.05) is 35.3 Å². The first-order chi connectivity index (χ1) is 19.1. The molecule has 1 aromatic carbocycles. The van der Waals surface area contributed by atoms with E-state index in [1.165, 1.54) is 0 Å².